The first kappa shape index (κ1) is 17.9. The summed E-state index contributed by atoms with van der Waals surface area (Å²) in [7, 11) is 0. The van der Waals surface area contributed by atoms with Crippen LogP contribution in [0.2, 0.25) is 5.02 Å². The number of carbonyl (C=O) groups is 1. The number of anilines is 1. The van der Waals surface area contributed by atoms with Crippen LogP contribution in [0.25, 0.3) is 11.5 Å². The zero-order valence-corrected chi connectivity index (χ0v) is 16.0. The molecule has 130 valence electrons. The lowest BCUT2D eigenvalue weighted by atomic mass is 10.2. The van der Waals surface area contributed by atoms with Crippen molar-refractivity contribution in [2.75, 3.05) is 17.2 Å². The van der Waals surface area contributed by atoms with Crippen molar-refractivity contribution >= 4 is 45.7 Å². The third-order valence-electron chi connectivity index (χ3n) is 3.28. The Morgan fingerprint density at radius 1 is 1.36 bits per heavy atom. The average Bonchev–Trinajstić information content (AvgIpc) is 3.23. The molecule has 25 heavy (non-hydrogen) atoms. The zero-order chi connectivity index (χ0) is 17.8. The van der Waals surface area contributed by atoms with Crippen LogP contribution in [-0.4, -0.2) is 33.4 Å². The molecule has 0 saturated heterocycles. The van der Waals surface area contributed by atoms with E-state index >= 15 is 0 Å². The number of thioether (sulfide) groups is 1. The number of aryl methyl sites for hydroxylation is 1. The van der Waals surface area contributed by atoms with Gasteiger partial charge in [0.1, 0.15) is 0 Å². The van der Waals surface area contributed by atoms with E-state index < -0.39 is 0 Å². The monoisotopic (exact) mass is 394 g/mol. The summed E-state index contributed by atoms with van der Waals surface area (Å²) in [5.74, 6) is 0.471. The van der Waals surface area contributed by atoms with Gasteiger partial charge in [-0.15, -0.1) is 21.5 Å². The predicted molar refractivity (Wildman–Crippen MR) is 100 cm³/mol. The van der Waals surface area contributed by atoms with E-state index in [9.17, 15) is 4.79 Å². The van der Waals surface area contributed by atoms with Crippen LogP contribution >= 0.6 is 34.7 Å². The molecule has 2 heterocycles. The minimum Gasteiger partial charge on any atom is -0.411 e. The molecule has 9 heteroatoms. The molecule has 0 saturated carbocycles. The zero-order valence-electron chi connectivity index (χ0n) is 13.6. The van der Waals surface area contributed by atoms with Crippen molar-refractivity contribution < 1.29 is 9.21 Å². The van der Waals surface area contributed by atoms with E-state index in [1.54, 1.807) is 17.0 Å². The minimum absolute atomic E-state index is 0.0562. The highest BCUT2D eigenvalue weighted by atomic mass is 35.5. The third kappa shape index (κ3) is 4.20. The average molecular weight is 395 g/mol. The highest BCUT2D eigenvalue weighted by Gasteiger charge is 2.19. The van der Waals surface area contributed by atoms with Gasteiger partial charge in [-0.2, -0.15) is 0 Å². The number of halogens is 1. The van der Waals surface area contributed by atoms with Crippen LogP contribution in [0.5, 0.6) is 0 Å². The van der Waals surface area contributed by atoms with Gasteiger partial charge in [0.2, 0.25) is 11.8 Å². The lowest BCUT2D eigenvalue weighted by molar-refractivity contribution is -0.116. The van der Waals surface area contributed by atoms with Gasteiger partial charge < -0.3 is 4.42 Å². The molecule has 0 aliphatic rings. The highest BCUT2D eigenvalue weighted by Crippen LogP contribution is 2.29. The van der Waals surface area contributed by atoms with Crippen molar-refractivity contribution in [2.24, 2.45) is 0 Å². The van der Waals surface area contributed by atoms with Crippen molar-refractivity contribution in [3.63, 3.8) is 0 Å². The van der Waals surface area contributed by atoms with Gasteiger partial charge in [-0.05, 0) is 26.0 Å². The van der Waals surface area contributed by atoms with Crippen molar-refractivity contribution in [1.29, 1.82) is 0 Å². The predicted octanol–water partition coefficient (Wildman–Crippen LogP) is 4.30. The molecular weight excluding hydrogens is 380 g/mol. The lowest BCUT2D eigenvalue weighted by Crippen LogP contribution is -2.32. The topological polar surface area (TPSA) is 72.1 Å². The van der Waals surface area contributed by atoms with Gasteiger partial charge >= 0.3 is 0 Å². The van der Waals surface area contributed by atoms with Gasteiger partial charge in [-0.1, -0.05) is 35.5 Å². The summed E-state index contributed by atoms with van der Waals surface area (Å²) in [5, 5.41) is 11.5. The fourth-order valence-electron chi connectivity index (χ4n) is 2.10. The Balaban J connectivity index is 1.65. The quantitative estimate of drug-likeness (QED) is 0.580. The van der Waals surface area contributed by atoms with E-state index in [-0.39, 0.29) is 11.7 Å². The number of benzene rings is 1. The Hall–Kier alpha value is -1.90. The number of rotatable bonds is 6. The van der Waals surface area contributed by atoms with Crippen LogP contribution in [0.3, 0.4) is 0 Å². The fraction of sp³-hybridized carbons (Fsp3) is 0.250. The van der Waals surface area contributed by atoms with Crippen molar-refractivity contribution in [1.82, 2.24) is 15.2 Å². The Morgan fingerprint density at radius 2 is 2.16 bits per heavy atom. The molecule has 2 aromatic heterocycles. The van der Waals surface area contributed by atoms with Crippen LogP contribution in [0, 0.1) is 6.92 Å². The van der Waals surface area contributed by atoms with E-state index in [2.05, 4.69) is 15.2 Å². The standard InChI is InChI=1S/C16H15ClN4O2S2/c1-3-21(15-18-10(2)8-24-15)13(22)9-25-16-20-19-14(23-16)11-6-4-5-7-12(11)17/h4-8H,3,9H2,1-2H3. The summed E-state index contributed by atoms with van der Waals surface area (Å²) in [6, 6.07) is 7.23. The van der Waals surface area contributed by atoms with Gasteiger partial charge in [0.25, 0.3) is 5.22 Å². The van der Waals surface area contributed by atoms with Crippen LogP contribution in [0.1, 0.15) is 12.6 Å². The van der Waals surface area contributed by atoms with Crippen LogP contribution < -0.4 is 4.90 Å². The number of aromatic nitrogens is 3. The first-order valence-electron chi connectivity index (χ1n) is 7.52. The van der Waals surface area contributed by atoms with Crippen LogP contribution in [-0.2, 0) is 4.79 Å². The lowest BCUT2D eigenvalue weighted by Gasteiger charge is -2.16. The Bertz CT molecular complexity index is 880. The van der Waals surface area contributed by atoms with Gasteiger partial charge in [0.05, 0.1) is 22.0 Å². The van der Waals surface area contributed by atoms with E-state index in [1.165, 1.54) is 23.1 Å². The van der Waals surface area contributed by atoms with E-state index in [4.69, 9.17) is 16.0 Å². The number of thiazole rings is 1. The van der Waals surface area contributed by atoms with Gasteiger partial charge in [-0.25, -0.2) is 4.98 Å². The summed E-state index contributed by atoms with van der Waals surface area (Å²) in [6.45, 7) is 4.38. The van der Waals surface area contributed by atoms with Crippen LogP contribution in [0.4, 0.5) is 5.13 Å². The third-order valence-corrected chi connectivity index (χ3v) is 5.40. The summed E-state index contributed by atoms with van der Waals surface area (Å²) in [5.41, 5.74) is 1.57. The molecule has 0 unspecified atom stereocenters. The first-order chi connectivity index (χ1) is 12.1. The second kappa shape index (κ2) is 7.99. The summed E-state index contributed by atoms with van der Waals surface area (Å²) < 4.78 is 5.60. The summed E-state index contributed by atoms with van der Waals surface area (Å²) >= 11 is 8.78. The molecule has 0 radical (unpaired) electrons. The Labute approximate surface area is 158 Å². The second-order valence-electron chi connectivity index (χ2n) is 5.05. The Morgan fingerprint density at radius 3 is 2.84 bits per heavy atom. The molecule has 1 amide bonds. The Kier molecular flexibility index (Phi) is 5.72. The number of nitrogens with zero attached hydrogens (tertiary/aromatic N) is 4. The highest BCUT2D eigenvalue weighted by molar-refractivity contribution is 7.99. The van der Waals surface area contributed by atoms with Gasteiger partial charge in [-0.3, -0.25) is 9.69 Å². The SMILES string of the molecule is CCN(C(=O)CSc1nnc(-c2ccccc2Cl)o1)c1nc(C)cs1. The second-order valence-corrected chi connectivity index (χ2v) is 7.22. The fourth-order valence-corrected chi connectivity index (χ4v) is 3.84. The van der Waals surface area contributed by atoms with Crippen molar-refractivity contribution in [3.8, 4) is 11.5 Å². The van der Waals surface area contributed by atoms with Gasteiger partial charge in [0.15, 0.2) is 5.13 Å². The number of hydrogen-bond acceptors (Lipinski definition) is 7. The van der Waals surface area contributed by atoms with E-state index in [1.807, 2.05) is 31.4 Å². The maximum absolute atomic E-state index is 12.4. The summed E-state index contributed by atoms with van der Waals surface area (Å²) in [4.78, 5) is 18.5. The number of hydrogen-bond donors (Lipinski definition) is 0. The van der Waals surface area contributed by atoms with Crippen molar-refractivity contribution in [2.45, 2.75) is 19.1 Å². The smallest absolute Gasteiger partial charge is 0.277 e. The molecule has 0 fully saturated rings. The molecule has 0 spiro atoms. The van der Waals surface area contributed by atoms with Crippen LogP contribution in [0.15, 0.2) is 39.3 Å². The molecule has 1 aromatic carbocycles. The van der Waals surface area contributed by atoms with E-state index in [0.717, 1.165) is 5.69 Å². The molecule has 3 aromatic rings. The molecule has 6 nitrogen and oxygen atoms in total. The molecule has 0 bridgehead atoms. The largest absolute Gasteiger partial charge is 0.411 e. The maximum Gasteiger partial charge on any atom is 0.277 e. The molecule has 0 aliphatic carbocycles. The van der Waals surface area contributed by atoms with Gasteiger partial charge in [0, 0.05) is 11.9 Å². The minimum atomic E-state index is -0.0562. The number of amides is 1. The first-order valence-corrected chi connectivity index (χ1v) is 9.76. The molecule has 0 N–H and O–H groups in total. The van der Waals surface area contributed by atoms with E-state index in [0.29, 0.717) is 33.4 Å². The maximum atomic E-state index is 12.4. The summed E-state index contributed by atoms with van der Waals surface area (Å²) in [6.07, 6.45) is 0. The molecule has 3 rings (SSSR count). The molecule has 0 atom stereocenters. The molecular formula is C16H15ClN4O2S2. The van der Waals surface area contributed by atoms with Crippen molar-refractivity contribution in [3.05, 3.63) is 40.4 Å². The normalized spacial score (nSPS) is 10.8. The molecule has 0 aliphatic heterocycles. The number of carbonyl (C=O) groups excluding carboxylic acids is 1.